The summed E-state index contributed by atoms with van der Waals surface area (Å²) in [7, 11) is -1.73. The normalized spacial score (nSPS) is 14.4. The van der Waals surface area contributed by atoms with Crippen molar-refractivity contribution < 1.29 is 0 Å². The van der Waals surface area contributed by atoms with E-state index in [-0.39, 0.29) is 0 Å². The van der Waals surface area contributed by atoms with Gasteiger partial charge in [-0.2, -0.15) is 0 Å². The van der Waals surface area contributed by atoms with Crippen LogP contribution in [0.5, 0.6) is 0 Å². The van der Waals surface area contributed by atoms with Gasteiger partial charge in [-0.1, -0.05) is 73.8 Å². The Labute approximate surface area is 164 Å². The molecule has 0 amide bonds. The van der Waals surface area contributed by atoms with Crippen LogP contribution in [0.3, 0.4) is 0 Å². The molecule has 4 heteroatoms. The summed E-state index contributed by atoms with van der Waals surface area (Å²) >= 11 is 0. The molecule has 28 heavy (non-hydrogen) atoms. The van der Waals surface area contributed by atoms with Gasteiger partial charge in [0.05, 0.1) is 16.7 Å². The van der Waals surface area contributed by atoms with Gasteiger partial charge in [0.1, 0.15) is 8.07 Å². The van der Waals surface area contributed by atoms with Crippen molar-refractivity contribution in [2.45, 2.75) is 13.1 Å². The topological polar surface area (TPSA) is 30.7 Å². The first-order valence-electron chi connectivity index (χ1n) is 9.62. The Balaban J connectivity index is 1.69. The molecule has 1 aliphatic heterocycles. The molecule has 0 fully saturated rings. The second kappa shape index (κ2) is 5.39. The molecule has 6 rings (SSSR count). The number of nitrogens with zero attached hydrogens (tertiary/aromatic N) is 3. The van der Waals surface area contributed by atoms with Gasteiger partial charge >= 0.3 is 0 Å². The van der Waals surface area contributed by atoms with Crippen LogP contribution in [0.25, 0.3) is 39.0 Å². The molecule has 2 aromatic heterocycles. The van der Waals surface area contributed by atoms with Crippen molar-refractivity contribution in [1.29, 1.82) is 0 Å². The van der Waals surface area contributed by atoms with Crippen molar-refractivity contribution in [2.24, 2.45) is 0 Å². The van der Waals surface area contributed by atoms with E-state index in [4.69, 9.17) is 9.97 Å². The fraction of sp³-hybridized carbons (Fsp3) is 0.0833. The molecule has 0 atom stereocenters. The van der Waals surface area contributed by atoms with Crippen LogP contribution in [-0.2, 0) is 0 Å². The van der Waals surface area contributed by atoms with Gasteiger partial charge in [0.25, 0.3) is 0 Å². The first-order chi connectivity index (χ1) is 13.7. The van der Waals surface area contributed by atoms with Crippen LogP contribution in [0.1, 0.15) is 0 Å². The second-order valence-electron chi connectivity index (χ2n) is 7.97. The Morgan fingerprint density at radius 3 is 2.04 bits per heavy atom. The van der Waals surface area contributed by atoms with Gasteiger partial charge < -0.3 is 0 Å². The highest BCUT2D eigenvalue weighted by Gasteiger charge is 2.38. The summed E-state index contributed by atoms with van der Waals surface area (Å²) in [4.78, 5) is 9.98. The van der Waals surface area contributed by atoms with Gasteiger partial charge in [-0.3, -0.25) is 4.57 Å². The van der Waals surface area contributed by atoms with Crippen LogP contribution >= 0.6 is 0 Å². The van der Waals surface area contributed by atoms with Gasteiger partial charge in [0.2, 0.25) is 5.95 Å². The van der Waals surface area contributed by atoms with E-state index in [1.165, 1.54) is 26.7 Å². The zero-order chi connectivity index (χ0) is 18.9. The average Bonchev–Trinajstić information content (AvgIpc) is 3.18. The standard InChI is InChI=1S/C24H19N3Si/c1-28(2)21-14-8-5-11-18(21)23-22(28)15-25-24(26-23)27-19-12-6-3-9-16(19)17-10-4-7-13-20(17)27/h3-15H,1-2H3. The predicted molar refractivity (Wildman–Crippen MR) is 119 cm³/mol. The van der Waals surface area contributed by atoms with Crippen LogP contribution in [0.4, 0.5) is 0 Å². The molecule has 1 aliphatic rings. The van der Waals surface area contributed by atoms with E-state index in [0.717, 1.165) is 22.7 Å². The molecule has 3 heterocycles. The van der Waals surface area contributed by atoms with Crippen molar-refractivity contribution >= 4 is 40.3 Å². The Morgan fingerprint density at radius 2 is 1.32 bits per heavy atom. The third-order valence-corrected chi connectivity index (χ3v) is 9.58. The lowest BCUT2D eigenvalue weighted by molar-refractivity contribution is 0.998. The summed E-state index contributed by atoms with van der Waals surface area (Å²) in [6.45, 7) is 4.78. The smallest absolute Gasteiger partial charge is 0.235 e. The minimum absolute atomic E-state index is 0.748. The van der Waals surface area contributed by atoms with E-state index in [1.54, 1.807) is 0 Å². The number of hydrogen-bond donors (Lipinski definition) is 0. The lowest BCUT2D eigenvalue weighted by atomic mass is 10.1. The minimum Gasteiger partial charge on any atom is -0.278 e. The molecule has 0 unspecified atom stereocenters. The van der Waals surface area contributed by atoms with E-state index >= 15 is 0 Å². The lowest BCUT2D eigenvalue weighted by Gasteiger charge is -2.17. The first-order valence-corrected chi connectivity index (χ1v) is 12.6. The Kier molecular flexibility index (Phi) is 3.04. The van der Waals surface area contributed by atoms with Gasteiger partial charge in [-0.05, 0) is 28.1 Å². The molecule has 0 radical (unpaired) electrons. The average molecular weight is 378 g/mol. The molecular weight excluding hydrogens is 358 g/mol. The summed E-state index contributed by atoms with van der Waals surface area (Å²) in [5.74, 6) is 0.748. The second-order valence-corrected chi connectivity index (χ2v) is 12.3. The van der Waals surface area contributed by atoms with E-state index in [0.29, 0.717) is 0 Å². The molecule has 0 aliphatic carbocycles. The van der Waals surface area contributed by atoms with Crippen LogP contribution < -0.4 is 10.4 Å². The molecule has 0 saturated carbocycles. The summed E-state index contributed by atoms with van der Waals surface area (Å²) in [5, 5.41) is 5.26. The van der Waals surface area contributed by atoms with E-state index in [9.17, 15) is 0 Å². The number of rotatable bonds is 1. The molecule has 3 aromatic carbocycles. The van der Waals surface area contributed by atoms with Gasteiger partial charge in [0, 0.05) is 17.0 Å². The largest absolute Gasteiger partial charge is 0.278 e. The van der Waals surface area contributed by atoms with Crippen molar-refractivity contribution in [3.8, 4) is 17.2 Å². The Hall–Kier alpha value is -3.24. The maximum atomic E-state index is 5.12. The van der Waals surface area contributed by atoms with Crippen molar-refractivity contribution in [3.63, 3.8) is 0 Å². The maximum Gasteiger partial charge on any atom is 0.235 e. The monoisotopic (exact) mass is 377 g/mol. The highest BCUT2D eigenvalue weighted by Crippen LogP contribution is 2.32. The number of fused-ring (bicyclic) bond motifs is 6. The van der Waals surface area contributed by atoms with Gasteiger partial charge in [-0.15, -0.1) is 0 Å². The zero-order valence-electron chi connectivity index (χ0n) is 15.8. The first kappa shape index (κ1) is 15.8. The summed E-state index contributed by atoms with van der Waals surface area (Å²) < 4.78 is 2.19. The van der Waals surface area contributed by atoms with Gasteiger partial charge in [0.15, 0.2) is 0 Å². The summed E-state index contributed by atoms with van der Waals surface area (Å²) in [6, 6.07) is 25.7. The summed E-state index contributed by atoms with van der Waals surface area (Å²) in [5.41, 5.74) is 4.68. The molecule has 0 N–H and O–H groups in total. The van der Waals surface area contributed by atoms with Crippen LogP contribution in [-0.4, -0.2) is 22.6 Å². The number of hydrogen-bond acceptors (Lipinski definition) is 2. The minimum atomic E-state index is -1.73. The molecule has 0 spiro atoms. The number of para-hydroxylation sites is 2. The molecule has 0 bridgehead atoms. The third kappa shape index (κ3) is 1.93. The van der Waals surface area contributed by atoms with Crippen LogP contribution in [0.2, 0.25) is 13.1 Å². The molecule has 134 valence electrons. The van der Waals surface area contributed by atoms with Gasteiger partial charge in [-0.25, -0.2) is 9.97 Å². The third-order valence-electron chi connectivity index (χ3n) is 6.08. The fourth-order valence-electron chi connectivity index (χ4n) is 4.66. The zero-order valence-corrected chi connectivity index (χ0v) is 16.8. The van der Waals surface area contributed by atoms with Crippen LogP contribution in [0, 0.1) is 0 Å². The van der Waals surface area contributed by atoms with E-state index in [1.807, 2.05) is 0 Å². The Morgan fingerprint density at radius 1 is 0.714 bits per heavy atom. The lowest BCUT2D eigenvalue weighted by Crippen LogP contribution is -2.49. The molecule has 0 saturated heterocycles. The SMILES string of the molecule is C[Si]1(C)c2ccccc2-c2nc(-n3c4ccccc4c4ccccc43)ncc21. The van der Waals surface area contributed by atoms with Crippen molar-refractivity contribution in [2.75, 3.05) is 0 Å². The fourth-order valence-corrected chi connectivity index (χ4v) is 7.51. The predicted octanol–water partition coefficient (Wildman–Crippen LogP) is 4.38. The molecule has 5 aromatic rings. The number of benzene rings is 3. The van der Waals surface area contributed by atoms with E-state index in [2.05, 4.69) is 96.7 Å². The molecular formula is C24H19N3Si. The molecule has 3 nitrogen and oxygen atoms in total. The highest BCUT2D eigenvalue weighted by atomic mass is 28.3. The Bertz CT molecular complexity index is 1340. The quantitative estimate of drug-likeness (QED) is 0.406. The highest BCUT2D eigenvalue weighted by molar-refractivity contribution is 7.03. The summed E-state index contributed by atoms with van der Waals surface area (Å²) in [6.07, 6.45) is 2.08. The maximum absolute atomic E-state index is 5.12. The van der Waals surface area contributed by atoms with E-state index < -0.39 is 8.07 Å². The van der Waals surface area contributed by atoms with Crippen molar-refractivity contribution in [3.05, 3.63) is 79.0 Å². The van der Waals surface area contributed by atoms with Crippen LogP contribution in [0.15, 0.2) is 79.0 Å². The van der Waals surface area contributed by atoms with Crippen molar-refractivity contribution in [1.82, 2.24) is 14.5 Å². The number of aromatic nitrogens is 3.